The van der Waals surface area contributed by atoms with E-state index in [0.717, 1.165) is 38.8 Å². The van der Waals surface area contributed by atoms with Crippen LogP contribution in [-0.2, 0) is 4.74 Å². The number of nitrogen functional groups attached to an aromatic ring is 1. The highest BCUT2D eigenvalue weighted by atomic mass is 16.5. The number of rotatable bonds is 7. The molecule has 0 spiro atoms. The van der Waals surface area contributed by atoms with E-state index in [1.54, 1.807) is 0 Å². The molecule has 0 radical (unpaired) electrons. The van der Waals surface area contributed by atoms with Crippen LogP contribution in [-0.4, -0.2) is 35.8 Å². The van der Waals surface area contributed by atoms with Gasteiger partial charge in [-0.3, -0.25) is 0 Å². The quantitative estimate of drug-likeness (QED) is 0.783. The fourth-order valence-electron chi connectivity index (χ4n) is 2.06. The van der Waals surface area contributed by atoms with Crippen LogP contribution >= 0.6 is 0 Å². The summed E-state index contributed by atoms with van der Waals surface area (Å²) in [5.74, 6) is 1.09. The Balaban J connectivity index is 1.84. The average molecular weight is 266 g/mol. The Morgan fingerprint density at radius 1 is 1.53 bits per heavy atom. The molecule has 1 fully saturated rings. The lowest BCUT2D eigenvalue weighted by molar-refractivity contribution is 0.107. The number of nitrogens with two attached hydrogens (primary N) is 1. The van der Waals surface area contributed by atoms with Crippen molar-refractivity contribution in [1.29, 1.82) is 0 Å². The van der Waals surface area contributed by atoms with Crippen LogP contribution in [0.5, 0.6) is 5.88 Å². The van der Waals surface area contributed by atoms with Crippen molar-refractivity contribution in [3.05, 3.63) is 6.33 Å². The predicted octanol–water partition coefficient (Wildman–Crippen LogP) is 1.83. The Morgan fingerprint density at radius 3 is 3.16 bits per heavy atom. The van der Waals surface area contributed by atoms with E-state index < -0.39 is 0 Å². The summed E-state index contributed by atoms with van der Waals surface area (Å²) in [4.78, 5) is 8.18. The van der Waals surface area contributed by atoms with E-state index in [0.29, 0.717) is 30.1 Å². The Labute approximate surface area is 113 Å². The fraction of sp³-hybridized carbons (Fsp3) is 0.692. The minimum absolute atomic E-state index is 0.367. The molecule has 6 nitrogen and oxygen atoms in total. The Morgan fingerprint density at radius 2 is 2.42 bits per heavy atom. The molecule has 1 atom stereocenters. The molecule has 1 aliphatic heterocycles. The molecule has 1 aromatic heterocycles. The molecule has 0 aliphatic carbocycles. The van der Waals surface area contributed by atoms with Crippen LogP contribution in [0.3, 0.4) is 0 Å². The van der Waals surface area contributed by atoms with Crippen LogP contribution in [0.4, 0.5) is 11.5 Å². The summed E-state index contributed by atoms with van der Waals surface area (Å²) < 4.78 is 11.0. The Hall–Kier alpha value is -1.56. The lowest BCUT2D eigenvalue weighted by Gasteiger charge is -2.13. The zero-order valence-corrected chi connectivity index (χ0v) is 11.4. The molecule has 1 aromatic rings. The molecule has 106 valence electrons. The van der Waals surface area contributed by atoms with E-state index in [9.17, 15) is 0 Å². The molecule has 0 aromatic carbocycles. The number of ether oxygens (including phenoxy) is 2. The first-order chi connectivity index (χ1) is 9.31. The highest BCUT2D eigenvalue weighted by Crippen LogP contribution is 2.25. The van der Waals surface area contributed by atoms with Gasteiger partial charge in [-0.15, -0.1) is 0 Å². The van der Waals surface area contributed by atoms with Gasteiger partial charge in [0.1, 0.15) is 12.0 Å². The number of hydrogen-bond acceptors (Lipinski definition) is 6. The smallest absolute Gasteiger partial charge is 0.242 e. The van der Waals surface area contributed by atoms with Crippen LogP contribution in [0.25, 0.3) is 0 Å². The second-order valence-corrected chi connectivity index (χ2v) is 4.64. The van der Waals surface area contributed by atoms with Gasteiger partial charge in [-0.1, -0.05) is 6.92 Å². The van der Waals surface area contributed by atoms with Crippen LogP contribution < -0.4 is 15.8 Å². The largest absolute Gasteiger partial charge is 0.476 e. The lowest BCUT2D eigenvalue weighted by Crippen LogP contribution is -2.14. The van der Waals surface area contributed by atoms with Gasteiger partial charge in [0.05, 0.1) is 12.7 Å². The fourth-order valence-corrected chi connectivity index (χ4v) is 2.06. The summed E-state index contributed by atoms with van der Waals surface area (Å²) in [6.45, 7) is 4.32. The molecule has 3 N–H and O–H groups in total. The van der Waals surface area contributed by atoms with Crippen molar-refractivity contribution < 1.29 is 9.47 Å². The normalized spacial score (nSPS) is 18.5. The van der Waals surface area contributed by atoms with Crippen molar-refractivity contribution in [2.24, 2.45) is 0 Å². The molecule has 1 saturated heterocycles. The van der Waals surface area contributed by atoms with Gasteiger partial charge in [0.15, 0.2) is 5.82 Å². The second kappa shape index (κ2) is 7.13. The third-order valence-electron chi connectivity index (χ3n) is 3.07. The summed E-state index contributed by atoms with van der Waals surface area (Å²) in [7, 11) is 0. The van der Waals surface area contributed by atoms with Crippen molar-refractivity contribution >= 4 is 11.5 Å². The number of nitrogens with one attached hydrogen (secondary N) is 1. The molecule has 0 saturated carbocycles. The van der Waals surface area contributed by atoms with Crippen molar-refractivity contribution in [1.82, 2.24) is 9.97 Å². The van der Waals surface area contributed by atoms with Gasteiger partial charge in [-0.25, -0.2) is 4.98 Å². The summed E-state index contributed by atoms with van der Waals surface area (Å²) in [6.07, 6.45) is 6.03. The Kier molecular flexibility index (Phi) is 5.20. The van der Waals surface area contributed by atoms with Crippen LogP contribution in [0.1, 0.15) is 32.6 Å². The molecule has 19 heavy (non-hydrogen) atoms. The van der Waals surface area contributed by atoms with Crippen molar-refractivity contribution in [2.45, 2.75) is 38.7 Å². The van der Waals surface area contributed by atoms with Crippen LogP contribution in [0, 0.1) is 0 Å². The van der Waals surface area contributed by atoms with E-state index in [-0.39, 0.29) is 0 Å². The zero-order chi connectivity index (χ0) is 13.5. The maximum absolute atomic E-state index is 5.97. The van der Waals surface area contributed by atoms with Gasteiger partial charge >= 0.3 is 0 Å². The van der Waals surface area contributed by atoms with Crippen molar-refractivity contribution in [2.75, 3.05) is 30.8 Å². The van der Waals surface area contributed by atoms with Gasteiger partial charge in [-0.05, 0) is 25.7 Å². The van der Waals surface area contributed by atoms with Crippen molar-refractivity contribution in [3.63, 3.8) is 0 Å². The zero-order valence-electron chi connectivity index (χ0n) is 11.4. The van der Waals surface area contributed by atoms with Gasteiger partial charge in [0, 0.05) is 13.2 Å². The molecule has 0 amide bonds. The molecule has 0 bridgehead atoms. The molecule has 2 heterocycles. The topological polar surface area (TPSA) is 82.3 Å². The van der Waals surface area contributed by atoms with E-state index in [1.807, 2.05) is 6.92 Å². The van der Waals surface area contributed by atoms with Gasteiger partial charge < -0.3 is 20.5 Å². The van der Waals surface area contributed by atoms with Gasteiger partial charge in [0.25, 0.3) is 0 Å². The maximum Gasteiger partial charge on any atom is 0.242 e. The van der Waals surface area contributed by atoms with Crippen LogP contribution in [0.15, 0.2) is 6.33 Å². The number of nitrogens with zero attached hydrogens (tertiary/aromatic N) is 2. The van der Waals surface area contributed by atoms with E-state index in [4.69, 9.17) is 15.2 Å². The first kappa shape index (κ1) is 13.9. The third-order valence-corrected chi connectivity index (χ3v) is 3.07. The first-order valence-electron chi connectivity index (χ1n) is 6.90. The average Bonchev–Trinajstić information content (AvgIpc) is 2.92. The van der Waals surface area contributed by atoms with Crippen molar-refractivity contribution in [3.8, 4) is 5.88 Å². The standard InChI is InChI=1S/C13H22N4O2/c1-2-7-19-13-11(14)12(16-9-17-13)15-6-5-10-4-3-8-18-10/h9-10H,2-8,14H2,1H3,(H,15,16,17). The molecular formula is C13H22N4O2. The SMILES string of the molecule is CCCOc1ncnc(NCCC2CCCO2)c1N. The summed E-state index contributed by atoms with van der Waals surface area (Å²) in [5.41, 5.74) is 6.45. The Bertz CT molecular complexity index is 394. The molecular weight excluding hydrogens is 244 g/mol. The van der Waals surface area contributed by atoms with Crippen LogP contribution in [0.2, 0.25) is 0 Å². The van der Waals surface area contributed by atoms with E-state index in [1.165, 1.54) is 6.33 Å². The monoisotopic (exact) mass is 266 g/mol. The first-order valence-corrected chi connectivity index (χ1v) is 6.90. The molecule has 1 aliphatic rings. The van der Waals surface area contributed by atoms with Gasteiger partial charge in [0.2, 0.25) is 5.88 Å². The number of aromatic nitrogens is 2. The minimum Gasteiger partial charge on any atom is -0.476 e. The molecule has 2 rings (SSSR count). The second-order valence-electron chi connectivity index (χ2n) is 4.64. The summed E-state index contributed by atoms with van der Waals surface area (Å²) in [6, 6.07) is 0. The van der Waals surface area contributed by atoms with E-state index in [2.05, 4.69) is 15.3 Å². The third kappa shape index (κ3) is 3.96. The summed E-state index contributed by atoms with van der Waals surface area (Å²) in [5, 5.41) is 3.22. The highest BCUT2D eigenvalue weighted by molar-refractivity contribution is 5.66. The number of anilines is 2. The molecule has 1 unspecified atom stereocenters. The van der Waals surface area contributed by atoms with Gasteiger partial charge in [-0.2, -0.15) is 4.98 Å². The molecule has 6 heteroatoms. The maximum atomic E-state index is 5.97. The minimum atomic E-state index is 0.367. The highest BCUT2D eigenvalue weighted by Gasteiger charge is 2.15. The summed E-state index contributed by atoms with van der Waals surface area (Å²) >= 11 is 0. The lowest BCUT2D eigenvalue weighted by atomic mass is 10.2. The number of hydrogen-bond donors (Lipinski definition) is 2. The van der Waals surface area contributed by atoms with E-state index >= 15 is 0 Å². The predicted molar refractivity (Wildman–Crippen MR) is 74.3 cm³/mol.